The Morgan fingerprint density at radius 3 is 1.11 bits per heavy atom. The summed E-state index contributed by atoms with van der Waals surface area (Å²) < 4.78 is 34.9. The average molecular weight is 1940 g/mol. The number of hydrogen-bond acceptors (Lipinski definition) is 13. The van der Waals surface area contributed by atoms with Gasteiger partial charge >= 0.3 is 35.8 Å². The first kappa shape index (κ1) is 111. The third-order valence-electron chi connectivity index (χ3n) is 30.7. The first-order valence-corrected chi connectivity index (χ1v) is 51.5. The number of esters is 6. The molecule has 764 valence electrons. The third-order valence-corrected chi connectivity index (χ3v) is 30.7. The van der Waals surface area contributed by atoms with Gasteiger partial charge in [0, 0.05) is 62.4 Å². The number of aliphatic hydroxyl groups is 1. The Balaban J connectivity index is 0.000000161. The van der Waals surface area contributed by atoms with Crippen molar-refractivity contribution in [2.45, 2.75) is 365 Å². The summed E-state index contributed by atoms with van der Waals surface area (Å²) in [5, 5.41) is 10.3. The van der Waals surface area contributed by atoms with Crippen LogP contribution < -0.4 is 28.4 Å². The predicted molar refractivity (Wildman–Crippen MR) is 586 cm³/mol. The van der Waals surface area contributed by atoms with Crippen LogP contribution in [0.4, 0.5) is 0 Å². The summed E-state index contributed by atoms with van der Waals surface area (Å²) in [5.74, 6) is 2.03. The van der Waals surface area contributed by atoms with Gasteiger partial charge in [0.05, 0.1) is 6.61 Å². The van der Waals surface area contributed by atoms with Gasteiger partial charge in [0.15, 0.2) is 0 Å². The van der Waals surface area contributed by atoms with Gasteiger partial charge in [0.2, 0.25) is 0 Å². The fourth-order valence-corrected chi connectivity index (χ4v) is 21.8. The van der Waals surface area contributed by atoms with Crippen molar-refractivity contribution >= 4 is 35.8 Å². The van der Waals surface area contributed by atoms with Crippen LogP contribution in [0.25, 0.3) is 0 Å². The lowest BCUT2D eigenvalue weighted by Gasteiger charge is -2.35. The first-order valence-electron chi connectivity index (χ1n) is 51.5. The van der Waals surface area contributed by atoms with Gasteiger partial charge in [-0.2, -0.15) is 0 Å². The van der Waals surface area contributed by atoms with Crippen LogP contribution in [0.3, 0.4) is 0 Å². The van der Waals surface area contributed by atoms with Crippen LogP contribution in [-0.4, -0.2) is 47.5 Å². The zero-order valence-electron chi connectivity index (χ0n) is 94.0. The standard InChI is InChI=1S/C33H46O4.C26H34O2.C25H32O2.C24H22O3.C23H28O2/c1-21(34)36-26-15-13-22(31(8,9)19-29(2,3)4)17-24(26)33(12)25-18-23(14-16-27(25)37-28(33)35)32(10,11)20-30(5,6)7;1-10-26(19-13-11-12-16(2)17(19)3)21-15-18(24(4,5)6)14-20(25(7,8)9)22(21)28-23(26)27;1-15-10-11-17(12-16(15)2)25(9)20-14-18(23(3,4)5)13-19(24(6,7)8)21(20)27-22(25)26;1-23(2,17-9-5-3-6-10-17)19-13-14-21-20(15-19)24(16-25,22(26)27-21)18-11-7-4-8-12-18;1-21(2,3)16-13-17(22(4,5)6)19-18(14-16)23(7,20(24)25-19)15-11-9-8-10-12-15/h13-18H,19-20H2,1-12H3;11-15H,10H2,1-9H3;10-14H,1-9H3;3-15,25H,16H2,1-2H3;8-14H,1-7H3. The van der Waals surface area contributed by atoms with Crippen LogP contribution >= 0.6 is 0 Å². The first-order chi connectivity index (χ1) is 66.2. The fraction of sp³-hybridized carbons (Fsp3) is 0.450. The molecule has 0 saturated carbocycles. The Labute approximate surface area is 861 Å². The average Bonchev–Trinajstić information content (AvgIpc) is 1.46. The number of aryl methyl sites for hydroxylation is 3. The number of rotatable bonds is 14. The molecule has 0 aliphatic carbocycles. The number of carbonyl (C=O) groups excluding carboxylic acids is 6. The highest BCUT2D eigenvalue weighted by Gasteiger charge is 2.57. The van der Waals surface area contributed by atoms with Gasteiger partial charge in [-0.15, -0.1) is 0 Å². The molecule has 0 radical (unpaired) electrons. The van der Waals surface area contributed by atoms with Crippen LogP contribution in [0.15, 0.2) is 218 Å². The van der Waals surface area contributed by atoms with E-state index in [2.05, 4.69) is 339 Å². The van der Waals surface area contributed by atoms with Crippen molar-refractivity contribution in [1.82, 2.24) is 0 Å². The predicted octanol–water partition coefficient (Wildman–Crippen LogP) is 30.6. The SMILES string of the molecule is CC(=O)Oc1ccc(C(C)(C)CC(C)(C)C)cc1C1(C)C(=O)Oc2ccc(C(C)(C)CC(C)(C)C)cc21.CC(C)(C)c1cc(C(C)(C)C)c2c(c1)C(C)(c1ccccc1)C(=O)O2.CC(C)(c1ccccc1)c1ccc2c(c1)C(CO)(c1ccccc1)C(=O)O2.CCC1(c2cccc(C)c2C)C(=O)Oc2c(C(C)(C)C)cc(C(C)(C)C)cc21.Cc1ccc(C2(C)C(=O)Oc3c(C(C)(C)C)cc(C(C)(C)C)cc32)cc1C. The molecule has 5 atom stereocenters. The second-order valence-electron chi connectivity index (χ2n) is 52.1. The van der Waals surface area contributed by atoms with Crippen molar-refractivity contribution in [3.63, 3.8) is 0 Å². The summed E-state index contributed by atoms with van der Waals surface area (Å²) in [6, 6.07) is 73.2. The number of carbonyl (C=O) groups is 6. The minimum atomic E-state index is -1.18. The van der Waals surface area contributed by atoms with E-state index in [1.165, 1.54) is 51.4 Å². The highest BCUT2D eigenvalue weighted by molar-refractivity contribution is 5.99. The maximum atomic E-state index is 13.6. The Kier molecular flexibility index (Phi) is 30.2. The quantitative estimate of drug-likeness (QED) is 0.0804. The monoisotopic (exact) mass is 1940 g/mol. The molecule has 5 aliphatic heterocycles. The lowest BCUT2D eigenvalue weighted by atomic mass is 9.68. The van der Waals surface area contributed by atoms with Gasteiger partial charge in [0.1, 0.15) is 61.6 Å². The van der Waals surface area contributed by atoms with E-state index in [1.54, 1.807) is 0 Å². The molecule has 11 aromatic rings. The Hall–Kier alpha value is -11.8. The van der Waals surface area contributed by atoms with E-state index in [1.807, 2.05) is 142 Å². The smallest absolute Gasteiger partial charge is 0.329 e. The van der Waals surface area contributed by atoms with E-state index < -0.39 is 39.0 Å². The van der Waals surface area contributed by atoms with E-state index in [4.69, 9.17) is 28.4 Å². The summed E-state index contributed by atoms with van der Waals surface area (Å²) in [5.41, 5.74) is 20.2. The molecule has 5 aliphatic rings. The molecule has 13 nitrogen and oxygen atoms in total. The number of fused-ring (bicyclic) bond motifs is 5. The van der Waals surface area contributed by atoms with Gasteiger partial charge in [-0.05, 0) is 230 Å². The second kappa shape index (κ2) is 39.2. The summed E-state index contributed by atoms with van der Waals surface area (Å²) >= 11 is 0. The largest absolute Gasteiger partial charge is 0.426 e. The molecule has 0 aromatic heterocycles. The Morgan fingerprint density at radius 2 is 0.681 bits per heavy atom. The van der Waals surface area contributed by atoms with Crippen molar-refractivity contribution in [1.29, 1.82) is 0 Å². The van der Waals surface area contributed by atoms with Crippen LogP contribution in [0.2, 0.25) is 0 Å². The van der Waals surface area contributed by atoms with Gasteiger partial charge in [-0.1, -0.05) is 409 Å². The maximum Gasteiger partial charge on any atom is 0.329 e. The van der Waals surface area contributed by atoms with Gasteiger partial charge in [-0.3, -0.25) is 28.8 Å². The van der Waals surface area contributed by atoms with Crippen molar-refractivity contribution in [2.24, 2.45) is 10.8 Å². The van der Waals surface area contributed by atoms with E-state index >= 15 is 0 Å². The summed E-state index contributed by atoms with van der Waals surface area (Å²) in [7, 11) is 0. The van der Waals surface area contributed by atoms with Crippen LogP contribution in [-0.2, 0) is 105 Å². The van der Waals surface area contributed by atoms with Crippen molar-refractivity contribution in [3.8, 4) is 34.5 Å². The maximum absolute atomic E-state index is 13.6. The molecule has 1 N–H and O–H groups in total. The molecular weight excluding hydrogens is 1780 g/mol. The number of aliphatic hydroxyl groups excluding tert-OH is 1. The normalized spacial score (nSPS) is 19.3. The number of benzene rings is 11. The summed E-state index contributed by atoms with van der Waals surface area (Å²) in [6.45, 7) is 83.7. The van der Waals surface area contributed by atoms with Crippen LogP contribution in [0.5, 0.6) is 34.5 Å². The van der Waals surface area contributed by atoms with E-state index in [9.17, 15) is 33.9 Å². The fourth-order valence-electron chi connectivity index (χ4n) is 21.8. The van der Waals surface area contributed by atoms with Crippen LogP contribution in [0.1, 0.15) is 395 Å². The van der Waals surface area contributed by atoms with E-state index in [-0.39, 0.29) is 90.0 Å². The number of ether oxygens (including phenoxy) is 6. The van der Waals surface area contributed by atoms with Crippen molar-refractivity contribution < 1.29 is 62.3 Å². The molecular formula is C131H162O13. The molecule has 5 unspecified atom stereocenters. The van der Waals surface area contributed by atoms with E-state index in [0.717, 1.165) is 114 Å². The topological polar surface area (TPSA) is 178 Å². The van der Waals surface area contributed by atoms with Gasteiger partial charge < -0.3 is 33.5 Å². The molecule has 0 spiro atoms. The third kappa shape index (κ3) is 21.5. The van der Waals surface area contributed by atoms with Crippen molar-refractivity contribution in [3.05, 3.63) is 352 Å². The molecule has 144 heavy (non-hydrogen) atoms. The summed E-state index contributed by atoms with van der Waals surface area (Å²) in [4.78, 5) is 78.1. The highest BCUT2D eigenvalue weighted by Crippen LogP contribution is 2.58. The molecule has 0 bridgehead atoms. The molecule has 0 fully saturated rings. The van der Waals surface area contributed by atoms with Gasteiger partial charge in [-0.25, -0.2) is 0 Å². The second-order valence-corrected chi connectivity index (χ2v) is 52.1. The zero-order valence-corrected chi connectivity index (χ0v) is 94.0. The zero-order chi connectivity index (χ0) is 107. The van der Waals surface area contributed by atoms with Crippen molar-refractivity contribution in [2.75, 3.05) is 6.61 Å². The lowest BCUT2D eigenvalue weighted by molar-refractivity contribution is -0.138. The molecule has 0 amide bonds. The minimum Gasteiger partial charge on any atom is -0.426 e. The molecule has 16 rings (SSSR count). The lowest BCUT2D eigenvalue weighted by Crippen LogP contribution is -2.39. The molecule has 13 heteroatoms. The molecule has 11 aromatic carbocycles. The highest BCUT2D eigenvalue weighted by atomic mass is 16.6. The summed E-state index contributed by atoms with van der Waals surface area (Å²) in [6.07, 6.45) is 2.62. The van der Waals surface area contributed by atoms with E-state index in [0.29, 0.717) is 29.2 Å². The Bertz CT molecular complexity index is 6740. The molecule has 5 heterocycles. The van der Waals surface area contributed by atoms with Crippen LogP contribution in [0, 0.1) is 38.5 Å². The van der Waals surface area contributed by atoms with Gasteiger partial charge in [0.25, 0.3) is 0 Å². The number of hydrogen-bond donors (Lipinski definition) is 1. The molecule has 0 saturated heterocycles. The minimum absolute atomic E-state index is 0.00172. The Morgan fingerprint density at radius 1 is 0.306 bits per heavy atom.